The molecular formula is C41H56N4O7SSi. The lowest BCUT2D eigenvalue weighted by molar-refractivity contribution is 0.00799. The maximum absolute atomic E-state index is 13.2. The third-order valence-corrected chi connectivity index (χ3v) is 15.9. The Hall–Kier alpha value is -4.25. The number of pyridine rings is 1. The fraction of sp³-hybridized carbons (Fsp3) is 0.512. The molecule has 1 fully saturated rings. The molecule has 2 amide bonds. The van der Waals surface area contributed by atoms with Crippen molar-refractivity contribution in [2.75, 3.05) is 5.75 Å². The van der Waals surface area contributed by atoms with Crippen molar-refractivity contribution in [3.8, 4) is 22.9 Å². The highest BCUT2D eigenvalue weighted by Crippen LogP contribution is 2.43. The molecule has 0 radical (unpaired) electrons. The fourth-order valence-corrected chi connectivity index (χ4v) is 8.51. The van der Waals surface area contributed by atoms with Crippen LogP contribution in [0, 0.1) is 11.3 Å². The molecule has 0 aliphatic heterocycles. The molecule has 0 bridgehead atoms. The van der Waals surface area contributed by atoms with Gasteiger partial charge in [-0.25, -0.2) is 17.9 Å². The van der Waals surface area contributed by atoms with E-state index in [-0.39, 0.29) is 22.5 Å². The van der Waals surface area contributed by atoms with Gasteiger partial charge in [-0.1, -0.05) is 63.6 Å². The zero-order valence-electron chi connectivity index (χ0n) is 32.9. The molecule has 0 spiro atoms. The number of nitrogens with one attached hydrogen (secondary N) is 1. The van der Waals surface area contributed by atoms with Gasteiger partial charge in [-0.3, -0.25) is 14.7 Å². The van der Waals surface area contributed by atoms with Crippen molar-refractivity contribution in [2.45, 2.75) is 128 Å². The number of benzene rings is 2. The Labute approximate surface area is 322 Å². The van der Waals surface area contributed by atoms with Crippen LogP contribution in [0.2, 0.25) is 18.1 Å². The summed E-state index contributed by atoms with van der Waals surface area (Å²) in [4.78, 5) is 32.1. The molecule has 3 aromatic rings. The Kier molecular flexibility index (Phi) is 13.7. The van der Waals surface area contributed by atoms with Crippen LogP contribution >= 0.6 is 0 Å². The zero-order valence-corrected chi connectivity index (χ0v) is 34.7. The van der Waals surface area contributed by atoms with Gasteiger partial charge in [0.25, 0.3) is 5.91 Å². The second kappa shape index (κ2) is 17.5. The fourth-order valence-electron chi connectivity index (χ4n) is 6.60. The van der Waals surface area contributed by atoms with Gasteiger partial charge in [-0.2, -0.15) is 5.26 Å². The topological polar surface area (TPSA) is 159 Å². The molecule has 4 rings (SSSR count). The third kappa shape index (κ3) is 11.1. The quantitative estimate of drug-likeness (QED) is 0.153. The number of hydrogen-bond acceptors (Lipinski definition) is 8. The number of hydrogen-bond donors (Lipinski definition) is 2. The summed E-state index contributed by atoms with van der Waals surface area (Å²) < 4.78 is 40.1. The maximum atomic E-state index is 13.2. The molecule has 1 aliphatic rings. The molecule has 1 heterocycles. The van der Waals surface area contributed by atoms with Gasteiger partial charge in [0.2, 0.25) is 10.0 Å². The first kappa shape index (κ1) is 42.5. The summed E-state index contributed by atoms with van der Waals surface area (Å²) in [6.07, 6.45) is 7.68. The Morgan fingerprint density at radius 3 is 2.22 bits per heavy atom. The predicted octanol–water partition coefficient (Wildman–Crippen LogP) is 8.89. The lowest BCUT2D eigenvalue weighted by Gasteiger charge is -2.47. The number of aryl methyl sites for hydroxylation is 1. The highest BCUT2D eigenvalue weighted by atomic mass is 32.2. The first-order valence-electron chi connectivity index (χ1n) is 18.6. The molecular weight excluding hydrogens is 721 g/mol. The SMILES string of the molecule is CC(C)(C)N(C(=O)O)C(CCc1cccnc1)[C@H](O[Si](C)(C)C(C)(C)C)c1ccc(-c2ccc(C(=O)NS(=O)(=O)CC#N)c(OC3CCCCC3)c2)cc1. The lowest BCUT2D eigenvalue weighted by atomic mass is 9.91. The van der Waals surface area contributed by atoms with Crippen molar-refractivity contribution in [1.29, 1.82) is 5.26 Å². The van der Waals surface area contributed by atoms with E-state index in [0.717, 1.165) is 54.4 Å². The van der Waals surface area contributed by atoms with E-state index in [4.69, 9.17) is 14.4 Å². The molecule has 2 atom stereocenters. The summed E-state index contributed by atoms with van der Waals surface area (Å²) >= 11 is 0. The highest BCUT2D eigenvalue weighted by molar-refractivity contribution is 7.90. The van der Waals surface area contributed by atoms with E-state index in [1.165, 1.54) is 4.90 Å². The van der Waals surface area contributed by atoms with Gasteiger partial charge in [-0.15, -0.1) is 0 Å². The van der Waals surface area contributed by atoms with Crippen LogP contribution in [-0.4, -0.2) is 67.2 Å². The van der Waals surface area contributed by atoms with E-state index < -0.39 is 53.8 Å². The minimum absolute atomic E-state index is 0.0673. The average Bonchev–Trinajstić information content (AvgIpc) is 3.08. The summed E-state index contributed by atoms with van der Waals surface area (Å²) in [5, 5.41) is 19.5. The van der Waals surface area contributed by atoms with Crippen LogP contribution in [0.3, 0.4) is 0 Å². The van der Waals surface area contributed by atoms with Crippen LogP contribution in [0.4, 0.5) is 4.79 Å². The van der Waals surface area contributed by atoms with Crippen LogP contribution < -0.4 is 9.46 Å². The Bertz CT molecular complexity index is 1890. The third-order valence-electron chi connectivity index (χ3n) is 10.4. The molecule has 11 nitrogen and oxygen atoms in total. The molecule has 2 aromatic carbocycles. The molecule has 1 saturated carbocycles. The van der Waals surface area contributed by atoms with Gasteiger partial charge in [0, 0.05) is 17.9 Å². The van der Waals surface area contributed by atoms with Gasteiger partial charge in [0.1, 0.15) is 5.75 Å². The summed E-state index contributed by atoms with van der Waals surface area (Å²) in [6, 6.07) is 17.8. The van der Waals surface area contributed by atoms with Crippen LogP contribution in [0.1, 0.15) is 108 Å². The average molecular weight is 777 g/mol. The van der Waals surface area contributed by atoms with E-state index in [0.29, 0.717) is 12.8 Å². The largest absolute Gasteiger partial charge is 0.490 e. The van der Waals surface area contributed by atoms with Crippen molar-refractivity contribution in [1.82, 2.24) is 14.6 Å². The monoisotopic (exact) mass is 776 g/mol. The number of nitriles is 1. The van der Waals surface area contributed by atoms with Gasteiger partial charge < -0.3 is 14.3 Å². The van der Waals surface area contributed by atoms with E-state index in [1.807, 2.05) is 68.1 Å². The molecule has 2 N–H and O–H groups in total. The van der Waals surface area contributed by atoms with E-state index in [2.05, 4.69) is 38.8 Å². The van der Waals surface area contributed by atoms with Crippen LogP contribution in [0.25, 0.3) is 11.1 Å². The minimum Gasteiger partial charge on any atom is -0.490 e. The summed E-state index contributed by atoms with van der Waals surface area (Å²) in [5.74, 6) is -1.43. The van der Waals surface area contributed by atoms with Crippen LogP contribution in [0.5, 0.6) is 5.75 Å². The number of aromatic nitrogens is 1. The molecule has 0 saturated heterocycles. The molecule has 54 heavy (non-hydrogen) atoms. The first-order valence-corrected chi connectivity index (χ1v) is 23.2. The Balaban J connectivity index is 1.78. The van der Waals surface area contributed by atoms with Crippen LogP contribution in [-0.2, 0) is 20.9 Å². The maximum Gasteiger partial charge on any atom is 0.408 e. The number of carboxylic acid groups (broad SMARTS) is 1. The number of rotatable bonds is 14. The predicted molar refractivity (Wildman–Crippen MR) is 213 cm³/mol. The smallest absolute Gasteiger partial charge is 0.408 e. The minimum atomic E-state index is -4.14. The number of carbonyl (C=O) groups excluding carboxylic acids is 1. The summed E-state index contributed by atoms with van der Waals surface area (Å²) in [5.41, 5.74) is 2.76. The van der Waals surface area contributed by atoms with Crippen molar-refractivity contribution in [3.05, 3.63) is 83.7 Å². The van der Waals surface area contributed by atoms with E-state index >= 15 is 0 Å². The highest BCUT2D eigenvalue weighted by Gasteiger charge is 2.45. The zero-order chi connectivity index (χ0) is 39.9. The summed E-state index contributed by atoms with van der Waals surface area (Å²) in [7, 11) is -6.60. The standard InChI is InChI=1S/C41H56N4O7SSi/c1-40(2,3)45(39(47)48)35(23-16-29-13-12-25-43-28-29)37(52-54(7,8)41(4,5)6)31-19-17-30(18-20-31)32-21-22-34(38(46)44-53(49,50)26-24-42)36(27-32)51-33-14-10-9-11-15-33/h12-13,17-22,25,27-28,33,35,37H,9-11,14-16,23,26H2,1-8H3,(H,44,46)(H,47,48)/t35?,37-/m1/s1. The normalized spacial score (nSPS) is 15.5. The molecule has 1 unspecified atom stereocenters. The van der Waals surface area contributed by atoms with E-state index in [9.17, 15) is 23.1 Å². The number of ether oxygens (including phenoxy) is 1. The summed E-state index contributed by atoms with van der Waals surface area (Å²) in [6.45, 7) is 16.6. The van der Waals surface area contributed by atoms with Gasteiger partial charge in [0.15, 0.2) is 14.1 Å². The number of carbonyl (C=O) groups is 2. The van der Waals surface area contributed by atoms with Crippen molar-refractivity contribution >= 4 is 30.3 Å². The second-order valence-corrected chi connectivity index (χ2v) is 23.1. The molecule has 292 valence electrons. The molecule has 13 heteroatoms. The Morgan fingerprint density at radius 2 is 1.67 bits per heavy atom. The Morgan fingerprint density at radius 1 is 1.02 bits per heavy atom. The van der Waals surface area contributed by atoms with Gasteiger partial charge in [-0.05, 0) is 118 Å². The van der Waals surface area contributed by atoms with Crippen molar-refractivity contribution < 1.29 is 32.3 Å². The van der Waals surface area contributed by atoms with Gasteiger partial charge in [0.05, 0.1) is 29.9 Å². The number of amides is 2. The number of sulfonamides is 1. The van der Waals surface area contributed by atoms with Crippen molar-refractivity contribution in [3.63, 3.8) is 0 Å². The first-order chi connectivity index (χ1) is 25.2. The van der Waals surface area contributed by atoms with Gasteiger partial charge >= 0.3 is 6.09 Å². The molecule has 1 aliphatic carbocycles. The lowest BCUT2D eigenvalue weighted by Crippen LogP contribution is -2.55. The second-order valence-electron chi connectivity index (χ2n) is 16.6. The van der Waals surface area contributed by atoms with E-state index in [1.54, 1.807) is 30.5 Å². The molecule has 1 aromatic heterocycles. The number of nitrogens with zero attached hydrogens (tertiary/aromatic N) is 3. The van der Waals surface area contributed by atoms with Crippen LogP contribution in [0.15, 0.2) is 67.0 Å². The van der Waals surface area contributed by atoms with Crippen molar-refractivity contribution in [2.24, 2.45) is 0 Å².